The molecule has 0 bridgehead atoms. The summed E-state index contributed by atoms with van der Waals surface area (Å²) in [5, 5.41) is 6.33. The molecule has 2 N–H and O–H groups in total. The van der Waals surface area contributed by atoms with Gasteiger partial charge in [0.25, 0.3) is 5.91 Å². The molecule has 0 aliphatic carbocycles. The fourth-order valence-electron chi connectivity index (χ4n) is 2.93. The fourth-order valence-corrected chi connectivity index (χ4v) is 2.93. The molecule has 0 spiro atoms. The number of rotatable bonds is 8. The molecule has 0 fully saturated rings. The molecule has 0 heterocycles. The van der Waals surface area contributed by atoms with E-state index >= 15 is 0 Å². The minimum absolute atomic E-state index is 0. The summed E-state index contributed by atoms with van der Waals surface area (Å²) in [7, 11) is 7.77. The van der Waals surface area contributed by atoms with Crippen LogP contribution in [0.5, 0.6) is 0 Å². The summed E-state index contributed by atoms with van der Waals surface area (Å²) in [4.78, 5) is 20.8. The van der Waals surface area contributed by atoms with Gasteiger partial charge < -0.3 is 20.4 Å². The van der Waals surface area contributed by atoms with Gasteiger partial charge in [-0.3, -0.25) is 9.79 Å². The van der Waals surface area contributed by atoms with Gasteiger partial charge in [0.15, 0.2) is 5.96 Å². The first-order valence-electron chi connectivity index (χ1n) is 9.88. The predicted octanol–water partition coefficient (Wildman–Crippen LogP) is 3.11. The molecule has 6 nitrogen and oxygen atoms in total. The molecule has 0 unspecified atom stereocenters. The Morgan fingerprint density at radius 2 is 1.70 bits per heavy atom. The van der Waals surface area contributed by atoms with Crippen LogP contribution in [0.2, 0.25) is 0 Å². The van der Waals surface area contributed by atoms with Crippen molar-refractivity contribution in [2.75, 3.05) is 41.3 Å². The molecule has 164 valence electrons. The molecule has 0 saturated heterocycles. The van der Waals surface area contributed by atoms with Crippen molar-refractivity contribution in [3.8, 4) is 0 Å². The highest BCUT2D eigenvalue weighted by Gasteiger charge is 2.09. The Labute approximate surface area is 197 Å². The molecule has 0 aromatic heterocycles. The number of halogens is 1. The third kappa shape index (κ3) is 8.71. The van der Waals surface area contributed by atoms with Crippen molar-refractivity contribution in [1.82, 2.24) is 20.4 Å². The molecule has 0 saturated carbocycles. The van der Waals surface area contributed by atoms with Crippen LogP contribution in [-0.2, 0) is 13.1 Å². The van der Waals surface area contributed by atoms with Gasteiger partial charge in [-0.15, -0.1) is 24.0 Å². The Balaban J connectivity index is 0.00000450. The molecule has 0 aliphatic heterocycles. The van der Waals surface area contributed by atoms with Crippen LogP contribution in [0.3, 0.4) is 0 Å². The minimum atomic E-state index is -0.0467. The van der Waals surface area contributed by atoms with Crippen LogP contribution >= 0.6 is 24.0 Å². The van der Waals surface area contributed by atoms with Crippen molar-refractivity contribution in [2.24, 2.45) is 4.99 Å². The van der Waals surface area contributed by atoms with E-state index in [2.05, 4.69) is 51.7 Å². The summed E-state index contributed by atoms with van der Waals surface area (Å²) in [5.74, 6) is 0.765. The fraction of sp³-hybridized carbons (Fsp3) is 0.391. The number of carbonyl (C=O) groups excluding carboxylic acids is 1. The number of aliphatic imine (C=N–C) groups is 1. The first kappa shape index (κ1) is 25.9. The number of likely N-dealkylation sites (N-methyl/N-ethyl adjacent to an activating group) is 1. The van der Waals surface area contributed by atoms with Gasteiger partial charge in [-0.2, -0.15) is 0 Å². The zero-order chi connectivity index (χ0) is 21.2. The third-order valence-corrected chi connectivity index (χ3v) is 4.60. The number of benzene rings is 2. The minimum Gasteiger partial charge on any atom is -0.352 e. The maximum absolute atomic E-state index is 12.3. The van der Waals surface area contributed by atoms with Crippen LogP contribution in [0, 0.1) is 6.92 Å². The number of hydrogen-bond donors (Lipinski definition) is 2. The standard InChI is InChI=1S/C23H33N5O.HI/c1-18-9-11-19(12-10-18)17-28(5)23(24-2)26-16-20-7-6-8-21(15-20)22(29)25-13-14-27(3)4;/h6-12,15H,13-14,16-17H2,1-5H3,(H,24,26)(H,25,29);1H. The van der Waals surface area contributed by atoms with Crippen molar-refractivity contribution in [3.05, 3.63) is 70.8 Å². The van der Waals surface area contributed by atoms with E-state index in [-0.39, 0.29) is 29.9 Å². The molecule has 1 amide bonds. The van der Waals surface area contributed by atoms with E-state index < -0.39 is 0 Å². The average molecular weight is 523 g/mol. The summed E-state index contributed by atoms with van der Waals surface area (Å²) in [6.07, 6.45) is 0. The van der Waals surface area contributed by atoms with Crippen molar-refractivity contribution >= 4 is 35.8 Å². The number of amides is 1. The molecule has 0 radical (unpaired) electrons. The Kier molecular flexibility index (Phi) is 11.4. The van der Waals surface area contributed by atoms with Crippen LogP contribution in [0.1, 0.15) is 27.0 Å². The van der Waals surface area contributed by atoms with Gasteiger partial charge in [-0.05, 0) is 44.3 Å². The number of nitrogens with zero attached hydrogens (tertiary/aromatic N) is 3. The monoisotopic (exact) mass is 523 g/mol. The molecular weight excluding hydrogens is 489 g/mol. The number of nitrogens with one attached hydrogen (secondary N) is 2. The Bertz CT molecular complexity index is 821. The van der Waals surface area contributed by atoms with Gasteiger partial charge in [-0.1, -0.05) is 42.0 Å². The van der Waals surface area contributed by atoms with E-state index in [9.17, 15) is 4.79 Å². The lowest BCUT2D eigenvalue weighted by Gasteiger charge is -2.22. The second-order valence-electron chi connectivity index (χ2n) is 7.50. The second kappa shape index (κ2) is 13.2. The van der Waals surface area contributed by atoms with Gasteiger partial charge in [0, 0.05) is 45.8 Å². The largest absolute Gasteiger partial charge is 0.352 e. The summed E-state index contributed by atoms with van der Waals surface area (Å²) >= 11 is 0. The van der Waals surface area contributed by atoms with Crippen molar-refractivity contribution in [2.45, 2.75) is 20.0 Å². The molecule has 30 heavy (non-hydrogen) atoms. The first-order chi connectivity index (χ1) is 13.9. The smallest absolute Gasteiger partial charge is 0.251 e. The van der Waals surface area contributed by atoms with Gasteiger partial charge in [0.1, 0.15) is 0 Å². The highest BCUT2D eigenvalue weighted by molar-refractivity contribution is 14.0. The lowest BCUT2D eigenvalue weighted by Crippen LogP contribution is -2.38. The van der Waals surface area contributed by atoms with Crippen LogP contribution in [0.25, 0.3) is 0 Å². The summed E-state index contributed by atoms with van der Waals surface area (Å²) < 4.78 is 0. The highest BCUT2D eigenvalue weighted by atomic mass is 127. The van der Waals surface area contributed by atoms with Gasteiger partial charge in [-0.25, -0.2) is 0 Å². The molecule has 0 atom stereocenters. The van der Waals surface area contributed by atoms with E-state index in [1.54, 1.807) is 7.05 Å². The first-order valence-corrected chi connectivity index (χ1v) is 9.88. The number of guanidine groups is 1. The SMILES string of the molecule is CN=C(NCc1cccc(C(=O)NCCN(C)C)c1)N(C)Cc1ccc(C)cc1.I. The Morgan fingerprint density at radius 1 is 1.00 bits per heavy atom. The molecular formula is C23H34IN5O. The quantitative estimate of drug-likeness (QED) is 0.317. The maximum atomic E-state index is 12.3. The van der Waals surface area contributed by atoms with Crippen molar-refractivity contribution < 1.29 is 4.79 Å². The second-order valence-corrected chi connectivity index (χ2v) is 7.50. The van der Waals surface area contributed by atoms with Crippen molar-refractivity contribution in [1.29, 1.82) is 0 Å². The normalized spacial score (nSPS) is 11.1. The average Bonchev–Trinajstić information content (AvgIpc) is 2.70. The maximum Gasteiger partial charge on any atom is 0.251 e. The topological polar surface area (TPSA) is 60.0 Å². The molecule has 2 aromatic carbocycles. The van der Waals surface area contributed by atoms with Gasteiger partial charge in [0.05, 0.1) is 0 Å². The van der Waals surface area contributed by atoms with Crippen LogP contribution in [-0.4, -0.2) is 62.9 Å². The van der Waals surface area contributed by atoms with Crippen molar-refractivity contribution in [3.63, 3.8) is 0 Å². The van der Waals surface area contributed by atoms with Gasteiger partial charge in [0.2, 0.25) is 0 Å². The summed E-state index contributed by atoms with van der Waals surface area (Å²) in [5.41, 5.74) is 4.20. The lowest BCUT2D eigenvalue weighted by molar-refractivity contribution is 0.0951. The van der Waals surface area contributed by atoms with Crippen LogP contribution < -0.4 is 10.6 Å². The molecule has 0 aliphatic rings. The zero-order valence-electron chi connectivity index (χ0n) is 18.6. The lowest BCUT2D eigenvalue weighted by atomic mass is 10.1. The van der Waals surface area contributed by atoms with Crippen LogP contribution in [0.15, 0.2) is 53.5 Å². The van der Waals surface area contributed by atoms with Gasteiger partial charge >= 0.3 is 0 Å². The molecule has 7 heteroatoms. The Hall–Kier alpha value is -2.13. The van der Waals surface area contributed by atoms with E-state index in [1.807, 2.05) is 50.3 Å². The van der Waals surface area contributed by atoms with E-state index in [0.29, 0.717) is 18.7 Å². The summed E-state index contributed by atoms with van der Waals surface area (Å²) in [6.45, 7) is 4.91. The summed E-state index contributed by atoms with van der Waals surface area (Å²) in [6, 6.07) is 16.2. The molecule has 2 aromatic rings. The third-order valence-electron chi connectivity index (χ3n) is 4.60. The van der Waals surface area contributed by atoms with Crippen LogP contribution in [0.4, 0.5) is 0 Å². The Morgan fingerprint density at radius 3 is 2.33 bits per heavy atom. The van der Waals surface area contributed by atoms with E-state index in [4.69, 9.17) is 0 Å². The number of carbonyl (C=O) groups is 1. The van der Waals surface area contributed by atoms with E-state index in [1.165, 1.54) is 11.1 Å². The predicted molar refractivity (Wildman–Crippen MR) is 136 cm³/mol. The highest BCUT2D eigenvalue weighted by Crippen LogP contribution is 2.08. The zero-order valence-corrected chi connectivity index (χ0v) is 20.9. The molecule has 2 rings (SSSR count). The number of aryl methyl sites for hydroxylation is 1. The van der Waals surface area contributed by atoms with E-state index in [0.717, 1.165) is 24.6 Å². The number of hydrogen-bond acceptors (Lipinski definition) is 3.